The Labute approximate surface area is 95.4 Å². The highest BCUT2D eigenvalue weighted by molar-refractivity contribution is 4.96. The summed E-state index contributed by atoms with van der Waals surface area (Å²) in [5.41, 5.74) is 0.413. The van der Waals surface area contributed by atoms with Gasteiger partial charge in [-0.15, -0.1) is 0 Å². The van der Waals surface area contributed by atoms with E-state index < -0.39 is 0 Å². The first kappa shape index (κ1) is 13.0. The van der Waals surface area contributed by atoms with Gasteiger partial charge in [-0.3, -0.25) is 4.90 Å². The van der Waals surface area contributed by atoms with E-state index in [4.69, 9.17) is 0 Å². The Morgan fingerprint density at radius 2 is 1.93 bits per heavy atom. The third-order valence-corrected chi connectivity index (χ3v) is 3.85. The second-order valence-electron chi connectivity index (χ2n) is 5.51. The summed E-state index contributed by atoms with van der Waals surface area (Å²) < 4.78 is 0. The normalized spacial score (nSPS) is 27.2. The summed E-state index contributed by atoms with van der Waals surface area (Å²) in [7, 11) is 0. The van der Waals surface area contributed by atoms with Crippen LogP contribution in [0.2, 0.25) is 0 Å². The van der Waals surface area contributed by atoms with Crippen molar-refractivity contribution in [2.45, 2.75) is 59.0 Å². The molecule has 0 aromatic rings. The molecular formula is C13H28N2. The minimum atomic E-state index is 0.413. The van der Waals surface area contributed by atoms with Crippen molar-refractivity contribution in [1.29, 1.82) is 0 Å². The molecule has 1 unspecified atom stereocenters. The summed E-state index contributed by atoms with van der Waals surface area (Å²) in [6, 6.07) is 0.648. The number of rotatable bonds is 4. The van der Waals surface area contributed by atoms with Crippen molar-refractivity contribution < 1.29 is 0 Å². The van der Waals surface area contributed by atoms with Crippen LogP contribution in [-0.2, 0) is 0 Å². The Bertz CT molecular complexity index is 183. The molecule has 90 valence electrons. The van der Waals surface area contributed by atoms with Crippen molar-refractivity contribution in [3.8, 4) is 0 Å². The number of hydrogen-bond acceptors (Lipinski definition) is 2. The lowest BCUT2D eigenvalue weighted by Crippen LogP contribution is -2.64. The molecule has 0 aliphatic carbocycles. The van der Waals surface area contributed by atoms with Crippen LogP contribution in [0.5, 0.6) is 0 Å². The molecule has 0 bridgehead atoms. The third-order valence-electron chi connectivity index (χ3n) is 3.85. The molecule has 1 N–H and O–H groups in total. The fourth-order valence-corrected chi connectivity index (χ4v) is 2.72. The van der Waals surface area contributed by atoms with Crippen LogP contribution in [0.3, 0.4) is 0 Å². The van der Waals surface area contributed by atoms with Gasteiger partial charge in [-0.2, -0.15) is 0 Å². The van der Waals surface area contributed by atoms with E-state index in [1.807, 2.05) is 0 Å². The Morgan fingerprint density at radius 3 is 2.40 bits per heavy atom. The lowest BCUT2D eigenvalue weighted by Gasteiger charge is -2.49. The van der Waals surface area contributed by atoms with Crippen LogP contribution in [0.4, 0.5) is 0 Å². The van der Waals surface area contributed by atoms with E-state index in [1.165, 1.54) is 25.9 Å². The molecule has 1 fully saturated rings. The van der Waals surface area contributed by atoms with E-state index in [9.17, 15) is 0 Å². The van der Waals surface area contributed by atoms with E-state index in [1.54, 1.807) is 0 Å². The number of hydrogen-bond donors (Lipinski definition) is 1. The molecule has 1 atom stereocenters. The molecule has 15 heavy (non-hydrogen) atoms. The lowest BCUT2D eigenvalue weighted by atomic mass is 9.86. The van der Waals surface area contributed by atoms with Gasteiger partial charge in [0.25, 0.3) is 0 Å². The van der Waals surface area contributed by atoms with Crippen molar-refractivity contribution in [1.82, 2.24) is 10.2 Å². The average molecular weight is 212 g/mol. The largest absolute Gasteiger partial charge is 0.311 e. The summed E-state index contributed by atoms with van der Waals surface area (Å²) in [5.74, 6) is 0.771. The zero-order chi connectivity index (χ0) is 11.5. The zero-order valence-corrected chi connectivity index (χ0v) is 11.1. The summed E-state index contributed by atoms with van der Waals surface area (Å²) in [5, 5.41) is 3.64. The first-order valence-electron chi connectivity index (χ1n) is 6.52. The van der Waals surface area contributed by atoms with Gasteiger partial charge in [0.1, 0.15) is 0 Å². The minimum absolute atomic E-state index is 0.413. The first-order valence-corrected chi connectivity index (χ1v) is 6.52. The highest BCUT2D eigenvalue weighted by Crippen LogP contribution is 2.27. The van der Waals surface area contributed by atoms with E-state index in [0.717, 1.165) is 12.5 Å². The van der Waals surface area contributed by atoms with E-state index >= 15 is 0 Å². The van der Waals surface area contributed by atoms with E-state index in [2.05, 4.69) is 44.8 Å². The lowest BCUT2D eigenvalue weighted by molar-refractivity contribution is 0.0256. The van der Waals surface area contributed by atoms with Gasteiger partial charge in [-0.1, -0.05) is 27.7 Å². The van der Waals surface area contributed by atoms with Crippen LogP contribution in [-0.4, -0.2) is 36.1 Å². The van der Waals surface area contributed by atoms with Crippen molar-refractivity contribution in [3.63, 3.8) is 0 Å². The Kier molecular flexibility index (Phi) is 4.60. The van der Waals surface area contributed by atoms with Crippen LogP contribution in [0.25, 0.3) is 0 Å². The molecule has 1 aliphatic rings. The SMILES string of the molecule is CCC1(CC)CNC(C)CN1CC(C)C. The van der Waals surface area contributed by atoms with Gasteiger partial charge in [-0.05, 0) is 25.7 Å². The molecule has 0 aromatic heterocycles. The smallest absolute Gasteiger partial charge is 0.0329 e. The molecule has 0 aromatic carbocycles. The summed E-state index contributed by atoms with van der Waals surface area (Å²) in [4.78, 5) is 2.72. The van der Waals surface area contributed by atoms with Gasteiger partial charge in [0.05, 0.1) is 0 Å². The molecular weight excluding hydrogens is 184 g/mol. The standard InChI is InChI=1S/C13H28N2/c1-6-13(7-2)10-14-12(5)9-15(13)8-11(3)4/h11-12,14H,6-10H2,1-5H3. The van der Waals surface area contributed by atoms with Gasteiger partial charge in [0, 0.05) is 31.2 Å². The molecule has 2 nitrogen and oxygen atoms in total. The van der Waals surface area contributed by atoms with Crippen LogP contribution in [0, 0.1) is 5.92 Å². The highest BCUT2D eigenvalue weighted by Gasteiger charge is 2.37. The second-order valence-corrected chi connectivity index (χ2v) is 5.51. The van der Waals surface area contributed by atoms with Crippen LogP contribution in [0.1, 0.15) is 47.5 Å². The highest BCUT2D eigenvalue weighted by atomic mass is 15.3. The van der Waals surface area contributed by atoms with Crippen LogP contribution >= 0.6 is 0 Å². The minimum Gasteiger partial charge on any atom is -0.311 e. The molecule has 1 saturated heterocycles. The maximum atomic E-state index is 3.64. The summed E-state index contributed by atoms with van der Waals surface area (Å²) >= 11 is 0. The van der Waals surface area contributed by atoms with Crippen molar-refractivity contribution >= 4 is 0 Å². The number of piperazine rings is 1. The molecule has 1 rings (SSSR count). The van der Waals surface area contributed by atoms with Crippen molar-refractivity contribution in [2.24, 2.45) is 5.92 Å². The van der Waals surface area contributed by atoms with E-state index in [0.29, 0.717) is 11.6 Å². The van der Waals surface area contributed by atoms with Crippen molar-refractivity contribution in [2.75, 3.05) is 19.6 Å². The monoisotopic (exact) mass is 212 g/mol. The summed E-state index contributed by atoms with van der Waals surface area (Å²) in [6.07, 6.45) is 2.52. The Hall–Kier alpha value is -0.0800. The average Bonchev–Trinajstić information content (AvgIpc) is 2.18. The molecule has 1 aliphatic heterocycles. The van der Waals surface area contributed by atoms with Crippen LogP contribution < -0.4 is 5.32 Å². The predicted octanol–water partition coefficient (Wildman–Crippen LogP) is 2.49. The summed E-state index contributed by atoms with van der Waals surface area (Å²) in [6.45, 7) is 15.2. The molecule has 0 radical (unpaired) electrons. The maximum Gasteiger partial charge on any atom is 0.0329 e. The molecule has 0 amide bonds. The van der Waals surface area contributed by atoms with Gasteiger partial charge in [0.15, 0.2) is 0 Å². The molecule has 0 saturated carbocycles. The number of nitrogens with one attached hydrogen (secondary N) is 1. The third kappa shape index (κ3) is 2.94. The molecule has 1 heterocycles. The number of nitrogens with zero attached hydrogens (tertiary/aromatic N) is 1. The van der Waals surface area contributed by atoms with Gasteiger partial charge in [-0.25, -0.2) is 0 Å². The Morgan fingerprint density at radius 1 is 1.33 bits per heavy atom. The van der Waals surface area contributed by atoms with Gasteiger partial charge in [0.2, 0.25) is 0 Å². The quantitative estimate of drug-likeness (QED) is 0.770. The fourth-order valence-electron chi connectivity index (χ4n) is 2.72. The first-order chi connectivity index (χ1) is 7.04. The van der Waals surface area contributed by atoms with Crippen molar-refractivity contribution in [3.05, 3.63) is 0 Å². The molecule has 0 spiro atoms. The van der Waals surface area contributed by atoms with Gasteiger partial charge >= 0.3 is 0 Å². The second kappa shape index (κ2) is 5.31. The topological polar surface area (TPSA) is 15.3 Å². The Balaban J connectivity index is 2.73. The molecule has 2 heteroatoms. The maximum absolute atomic E-state index is 3.64. The van der Waals surface area contributed by atoms with Crippen LogP contribution in [0.15, 0.2) is 0 Å². The fraction of sp³-hybridized carbons (Fsp3) is 1.00. The zero-order valence-electron chi connectivity index (χ0n) is 11.1. The van der Waals surface area contributed by atoms with Gasteiger partial charge < -0.3 is 5.32 Å². The predicted molar refractivity (Wildman–Crippen MR) is 67.2 cm³/mol. The van der Waals surface area contributed by atoms with E-state index in [-0.39, 0.29) is 0 Å².